The minimum Gasteiger partial charge on any atom is -0.478 e. The molecule has 3 N–H and O–H groups in total. The van der Waals surface area contributed by atoms with Crippen LogP contribution in [0, 0.1) is 0 Å². The number of carbonyl (C=O) groups is 1. The molecule has 0 radical (unpaired) electrons. The van der Waals surface area contributed by atoms with E-state index in [2.05, 4.69) is 10.0 Å². The molecule has 2 atom stereocenters. The average molecular weight is 404 g/mol. The van der Waals surface area contributed by atoms with Crippen molar-refractivity contribution in [3.63, 3.8) is 0 Å². The van der Waals surface area contributed by atoms with Crippen molar-refractivity contribution >= 4 is 21.7 Å². The van der Waals surface area contributed by atoms with Crippen LogP contribution >= 0.6 is 0 Å². The first-order valence-electron chi connectivity index (χ1n) is 9.17. The van der Waals surface area contributed by atoms with E-state index < -0.39 is 22.0 Å². The number of carboxylic acid groups (broad SMARTS) is 1. The zero-order valence-electron chi connectivity index (χ0n) is 15.6. The maximum Gasteiger partial charge on any atom is 0.335 e. The van der Waals surface area contributed by atoms with Crippen molar-refractivity contribution in [2.75, 3.05) is 18.5 Å². The zero-order chi connectivity index (χ0) is 20.1. The van der Waals surface area contributed by atoms with Crippen LogP contribution in [0.5, 0.6) is 0 Å². The minimum atomic E-state index is -3.96. The lowest BCUT2D eigenvalue weighted by atomic mass is 10.1. The van der Waals surface area contributed by atoms with Gasteiger partial charge in [-0.05, 0) is 43.5 Å². The van der Waals surface area contributed by atoms with Crippen molar-refractivity contribution in [3.8, 4) is 0 Å². The molecular formula is C20H24N2O5S. The number of hydrogen-bond acceptors (Lipinski definition) is 5. The molecule has 1 saturated heterocycles. The first kappa shape index (κ1) is 20.3. The molecule has 7 nitrogen and oxygen atoms in total. The molecule has 3 rings (SSSR count). The van der Waals surface area contributed by atoms with Gasteiger partial charge in [0.2, 0.25) is 10.0 Å². The van der Waals surface area contributed by atoms with Crippen molar-refractivity contribution < 1.29 is 23.1 Å². The molecule has 1 aliphatic rings. The average Bonchev–Trinajstić information content (AvgIpc) is 3.20. The molecule has 0 aliphatic carbocycles. The predicted molar refractivity (Wildman–Crippen MR) is 106 cm³/mol. The molecule has 0 saturated carbocycles. The van der Waals surface area contributed by atoms with Gasteiger partial charge in [-0.1, -0.05) is 30.3 Å². The second kappa shape index (κ2) is 8.72. The Hall–Kier alpha value is -2.42. The zero-order valence-corrected chi connectivity index (χ0v) is 16.4. The summed E-state index contributed by atoms with van der Waals surface area (Å²) in [4.78, 5) is 11.3. The molecule has 28 heavy (non-hydrogen) atoms. The Balaban J connectivity index is 1.87. The van der Waals surface area contributed by atoms with Crippen LogP contribution in [0.2, 0.25) is 0 Å². The number of aromatic carboxylic acids is 1. The third kappa shape index (κ3) is 4.89. The molecule has 2 aromatic carbocycles. The molecule has 0 aromatic heterocycles. The Labute approximate surface area is 164 Å². The monoisotopic (exact) mass is 404 g/mol. The SMILES string of the molecule is C[C@@H](NS(=O)(=O)c1cc(C(=O)O)ccc1NC[C@H]1CCCO1)c1ccccc1. The molecule has 8 heteroatoms. The lowest BCUT2D eigenvalue weighted by molar-refractivity contribution is 0.0696. The number of nitrogens with one attached hydrogen (secondary N) is 2. The Morgan fingerprint density at radius 2 is 2.00 bits per heavy atom. The number of sulfonamides is 1. The summed E-state index contributed by atoms with van der Waals surface area (Å²) < 4.78 is 34.3. The molecule has 2 aromatic rings. The molecule has 1 heterocycles. The fourth-order valence-corrected chi connectivity index (χ4v) is 4.60. The number of ether oxygens (including phenoxy) is 1. The van der Waals surface area contributed by atoms with E-state index in [1.54, 1.807) is 6.92 Å². The van der Waals surface area contributed by atoms with E-state index in [9.17, 15) is 18.3 Å². The lowest BCUT2D eigenvalue weighted by Crippen LogP contribution is -2.28. The second-order valence-electron chi connectivity index (χ2n) is 6.79. The predicted octanol–water partition coefficient (Wildman–Crippen LogP) is 3.02. The van der Waals surface area contributed by atoms with Gasteiger partial charge >= 0.3 is 5.97 Å². The first-order valence-corrected chi connectivity index (χ1v) is 10.7. The van der Waals surface area contributed by atoms with Crippen LogP contribution in [-0.4, -0.2) is 38.7 Å². The van der Waals surface area contributed by atoms with E-state index in [0.717, 1.165) is 18.4 Å². The minimum absolute atomic E-state index is 0.0194. The number of benzene rings is 2. The van der Waals surface area contributed by atoms with Crippen molar-refractivity contribution in [2.24, 2.45) is 0 Å². The molecule has 0 spiro atoms. The second-order valence-corrected chi connectivity index (χ2v) is 8.47. The van der Waals surface area contributed by atoms with Crippen molar-refractivity contribution in [3.05, 3.63) is 59.7 Å². The van der Waals surface area contributed by atoms with Gasteiger partial charge in [0.25, 0.3) is 0 Å². The van der Waals surface area contributed by atoms with Gasteiger partial charge in [-0.2, -0.15) is 0 Å². The summed E-state index contributed by atoms with van der Waals surface area (Å²) in [5, 5.41) is 12.4. The topological polar surface area (TPSA) is 105 Å². The maximum absolute atomic E-state index is 13.0. The molecule has 1 fully saturated rings. The highest BCUT2D eigenvalue weighted by molar-refractivity contribution is 7.89. The van der Waals surface area contributed by atoms with E-state index in [-0.39, 0.29) is 16.6 Å². The van der Waals surface area contributed by atoms with Crippen LogP contribution in [0.15, 0.2) is 53.4 Å². The maximum atomic E-state index is 13.0. The molecular weight excluding hydrogens is 380 g/mol. The van der Waals surface area contributed by atoms with Crippen molar-refractivity contribution in [1.82, 2.24) is 4.72 Å². The van der Waals surface area contributed by atoms with Crippen LogP contribution in [0.25, 0.3) is 0 Å². The van der Waals surface area contributed by atoms with Crippen LogP contribution < -0.4 is 10.0 Å². The standard InChI is InChI=1S/C20H24N2O5S/c1-14(15-6-3-2-4-7-15)22-28(25,26)19-12-16(20(23)24)9-10-18(19)21-13-17-8-5-11-27-17/h2-4,6-7,9-10,12,14,17,21-22H,5,8,11,13H2,1H3,(H,23,24)/t14-,17-/m1/s1. The fourth-order valence-electron chi connectivity index (χ4n) is 3.16. The van der Waals surface area contributed by atoms with Gasteiger partial charge in [-0.25, -0.2) is 17.9 Å². The summed E-state index contributed by atoms with van der Waals surface area (Å²) in [6.45, 7) is 2.90. The summed E-state index contributed by atoms with van der Waals surface area (Å²) in [5.41, 5.74) is 1.08. The Bertz CT molecular complexity index is 925. The van der Waals surface area contributed by atoms with Crippen LogP contribution in [0.3, 0.4) is 0 Å². The van der Waals surface area contributed by atoms with Crippen LogP contribution in [0.1, 0.15) is 41.7 Å². The first-order chi connectivity index (χ1) is 13.4. The largest absolute Gasteiger partial charge is 0.478 e. The van der Waals surface area contributed by atoms with Gasteiger partial charge in [0.05, 0.1) is 17.4 Å². The molecule has 1 aliphatic heterocycles. The van der Waals surface area contributed by atoms with Gasteiger partial charge < -0.3 is 15.2 Å². The van der Waals surface area contributed by atoms with E-state index in [1.807, 2.05) is 30.3 Å². The lowest BCUT2D eigenvalue weighted by Gasteiger charge is -2.19. The Morgan fingerprint density at radius 1 is 1.25 bits per heavy atom. The van der Waals surface area contributed by atoms with E-state index in [0.29, 0.717) is 18.8 Å². The number of anilines is 1. The molecule has 0 unspecified atom stereocenters. The van der Waals surface area contributed by atoms with Crippen LogP contribution in [-0.2, 0) is 14.8 Å². The van der Waals surface area contributed by atoms with Gasteiger partial charge in [0, 0.05) is 19.2 Å². The smallest absolute Gasteiger partial charge is 0.335 e. The third-order valence-electron chi connectivity index (χ3n) is 4.69. The van der Waals surface area contributed by atoms with Gasteiger partial charge in [0.15, 0.2) is 0 Å². The van der Waals surface area contributed by atoms with E-state index in [4.69, 9.17) is 4.74 Å². The van der Waals surface area contributed by atoms with Gasteiger partial charge in [0.1, 0.15) is 4.90 Å². The van der Waals surface area contributed by atoms with E-state index in [1.165, 1.54) is 18.2 Å². The fraction of sp³-hybridized carbons (Fsp3) is 0.350. The summed E-state index contributed by atoms with van der Waals surface area (Å²) in [6, 6.07) is 12.8. The van der Waals surface area contributed by atoms with E-state index >= 15 is 0 Å². The summed E-state index contributed by atoms with van der Waals surface area (Å²) in [7, 11) is -3.96. The highest BCUT2D eigenvalue weighted by Gasteiger charge is 2.24. The Kier molecular flexibility index (Phi) is 6.33. The highest BCUT2D eigenvalue weighted by atomic mass is 32.2. The molecule has 0 bridgehead atoms. The quantitative estimate of drug-likeness (QED) is 0.625. The van der Waals surface area contributed by atoms with Crippen molar-refractivity contribution in [2.45, 2.75) is 36.8 Å². The molecule has 150 valence electrons. The third-order valence-corrected chi connectivity index (χ3v) is 6.27. The summed E-state index contributed by atoms with van der Waals surface area (Å²) in [5.74, 6) is -1.18. The summed E-state index contributed by atoms with van der Waals surface area (Å²) >= 11 is 0. The number of carboxylic acids is 1. The normalized spacial score (nSPS) is 18.0. The highest BCUT2D eigenvalue weighted by Crippen LogP contribution is 2.26. The number of hydrogen-bond donors (Lipinski definition) is 3. The van der Waals surface area contributed by atoms with Crippen LogP contribution in [0.4, 0.5) is 5.69 Å². The van der Waals surface area contributed by atoms with Gasteiger partial charge in [-0.3, -0.25) is 0 Å². The van der Waals surface area contributed by atoms with Gasteiger partial charge in [-0.15, -0.1) is 0 Å². The summed E-state index contributed by atoms with van der Waals surface area (Å²) in [6.07, 6.45) is 1.91. The molecule has 0 amide bonds. The number of rotatable bonds is 8. The Morgan fingerprint density at radius 3 is 2.64 bits per heavy atom. The van der Waals surface area contributed by atoms with Crippen molar-refractivity contribution in [1.29, 1.82) is 0 Å².